The number of hydrogen-bond acceptors (Lipinski definition) is 2. The summed E-state index contributed by atoms with van der Waals surface area (Å²) >= 11 is 0. The van der Waals surface area contributed by atoms with Gasteiger partial charge in [0.2, 0.25) is 11.8 Å². The van der Waals surface area contributed by atoms with Crippen molar-refractivity contribution in [3.8, 4) is 0 Å². The Balaban J connectivity index is 3.32. The minimum Gasteiger partial charge on any atom is -0.354 e. The maximum Gasteiger partial charge on any atom is 0.220 e. The van der Waals surface area contributed by atoms with E-state index in [2.05, 4.69) is 24.5 Å². The minimum atomic E-state index is 0.0867. The zero-order valence-electron chi connectivity index (χ0n) is 11.9. The fourth-order valence-electron chi connectivity index (χ4n) is 1.65. The van der Waals surface area contributed by atoms with Gasteiger partial charge < -0.3 is 10.6 Å². The molecule has 0 bridgehead atoms. The molecular weight excluding hydrogens is 228 g/mol. The fourth-order valence-corrected chi connectivity index (χ4v) is 1.65. The Morgan fingerprint density at radius 3 is 1.44 bits per heavy atom. The molecule has 0 saturated heterocycles. The van der Waals surface area contributed by atoms with E-state index in [-0.39, 0.29) is 11.8 Å². The Hall–Kier alpha value is -1.06. The molecule has 0 unspecified atom stereocenters. The summed E-state index contributed by atoms with van der Waals surface area (Å²) in [6.07, 6.45) is 7.54. The minimum absolute atomic E-state index is 0.0867. The van der Waals surface area contributed by atoms with Gasteiger partial charge in [-0.1, -0.05) is 39.5 Å². The fraction of sp³-hybridized carbons (Fsp3) is 0.857. The normalized spacial score (nSPS) is 10.1. The molecule has 4 heteroatoms. The Bertz CT molecular complexity index is 206. The number of amides is 2. The van der Waals surface area contributed by atoms with Crippen LogP contribution in [0.5, 0.6) is 0 Å². The molecular formula is C14H28N2O2. The monoisotopic (exact) mass is 256 g/mol. The van der Waals surface area contributed by atoms with Gasteiger partial charge in [0.15, 0.2) is 0 Å². The molecule has 0 aromatic heterocycles. The highest BCUT2D eigenvalue weighted by Crippen LogP contribution is 1.98. The van der Waals surface area contributed by atoms with Crippen molar-refractivity contribution in [2.75, 3.05) is 13.1 Å². The average molecular weight is 256 g/mol. The molecule has 2 amide bonds. The van der Waals surface area contributed by atoms with Crippen molar-refractivity contribution in [2.24, 2.45) is 0 Å². The van der Waals surface area contributed by atoms with E-state index >= 15 is 0 Å². The molecule has 0 aliphatic rings. The van der Waals surface area contributed by atoms with Gasteiger partial charge in [-0.15, -0.1) is 0 Å². The van der Waals surface area contributed by atoms with Crippen molar-refractivity contribution < 1.29 is 9.59 Å². The summed E-state index contributed by atoms with van der Waals surface area (Å²) in [6, 6.07) is 0. The van der Waals surface area contributed by atoms with Gasteiger partial charge in [-0.25, -0.2) is 0 Å². The molecule has 4 nitrogen and oxygen atoms in total. The van der Waals surface area contributed by atoms with Crippen LogP contribution in [0.1, 0.15) is 65.2 Å². The summed E-state index contributed by atoms with van der Waals surface area (Å²) in [6.45, 7) is 5.30. The van der Waals surface area contributed by atoms with E-state index in [0.29, 0.717) is 25.9 Å². The van der Waals surface area contributed by atoms with E-state index in [4.69, 9.17) is 0 Å². The van der Waals surface area contributed by atoms with E-state index in [0.717, 1.165) is 38.5 Å². The number of nitrogens with one attached hydrogen (secondary N) is 2. The third kappa shape index (κ3) is 11.4. The smallest absolute Gasteiger partial charge is 0.220 e. The van der Waals surface area contributed by atoms with Gasteiger partial charge in [-0.2, -0.15) is 0 Å². The molecule has 18 heavy (non-hydrogen) atoms. The second-order valence-corrected chi connectivity index (χ2v) is 4.61. The lowest BCUT2D eigenvalue weighted by Crippen LogP contribution is -2.34. The number of hydrogen-bond donors (Lipinski definition) is 2. The van der Waals surface area contributed by atoms with Crippen LogP contribution < -0.4 is 10.6 Å². The molecule has 0 atom stereocenters. The number of carbonyl (C=O) groups is 2. The summed E-state index contributed by atoms with van der Waals surface area (Å²) in [4.78, 5) is 22.7. The second kappa shape index (κ2) is 12.4. The van der Waals surface area contributed by atoms with Crippen LogP contribution in [0.3, 0.4) is 0 Å². The van der Waals surface area contributed by atoms with Crippen LogP contribution in [0.4, 0.5) is 0 Å². The third-order valence-electron chi connectivity index (χ3n) is 2.78. The van der Waals surface area contributed by atoms with Crippen molar-refractivity contribution in [1.82, 2.24) is 10.6 Å². The maximum absolute atomic E-state index is 11.3. The molecule has 0 fully saturated rings. The first-order valence-corrected chi connectivity index (χ1v) is 7.24. The van der Waals surface area contributed by atoms with E-state index < -0.39 is 0 Å². The van der Waals surface area contributed by atoms with Gasteiger partial charge in [-0.3, -0.25) is 9.59 Å². The highest BCUT2D eigenvalue weighted by molar-refractivity contribution is 5.77. The molecule has 106 valence electrons. The van der Waals surface area contributed by atoms with Gasteiger partial charge in [0.05, 0.1) is 0 Å². The average Bonchev–Trinajstić information content (AvgIpc) is 2.35. The van der Waals surface area contributed by atoms with Gasteiger partial charge in [0.25, 0.3) is 0 Å². The van der Waals surface area contributed by atoms with Gasteiger partial charge in [0, 0.05) is 25.9 Å². The van der Waals surface area contributed by atoms with Gasteiger partial charge in [0.1, 0.15) is 0 Å². The molecule has 0 aliphatic carbocycles. The number of unbranched alkanes of at least 4 members (excludes halogenated alkanes) is 4. The lowest BCUT2D eigenvalue weighted by molar-refractivity contribution is -0.123. The number of rotatable bonds is 11. The molecule has 0 spiro atoms. The molecule has 0 aromatic carbocycles. The van der Waals surface area contributed by atoms with E-state index in [9.17, 15) is 9.59 Å². The van der Waals surface area contributed by atoms with Crippen molar-refractivity contribution in [3.63, 3.8) is 0 Å². The van der Waals surface area contributed by atoms with E-state index in [1.54, 1.807) is 0 Å². The van der Waals surface area contributed by atoms with Crippen LogP contribution in [-0.4, -0.2) is 24.9 Å². The number of carbonyl (C=O) groups excluding carboxylic acids is 2. The molecule has 0 heterocycles. The summed E-state index contributed by atoms with van der Waals surface area (Å²) in [5.41, 5.74) is 0. The second-order valence-electron chi connectivity index (χ2n) is 4.61. The maximum atomic E-state index is 11.3. The topological polar surface area (TPSA) is 58.2 Å². The van der Waals surface area contributed by atoms with Gasteiger partial charge in [-0.05, 0) is 12.8 Å². The van der Waals surface area contributed by atoms with Crippen LogP contribution in [-0.2, 0) is 9.59 Å². The van der Waals surface area contributed by atoms with Gasteiger partial charge >= 0.3 is 0 Å². The van der Waals surface area contributed by atoms with Crippen molar-refractivity contribution in [2.45, 2.75) is 65.2 Å². The zero-order valence-corrected chi connectivity index (χ0v) is 11.9. The van der Waals surface area contributed by atoms with Crippen LogP contribution >= 0.6 is 0 Å². The summed E-state index contributed by atoms with van der Waals surface area (Å²) < 4.78 is 0. The summed E-state index contributed by atoms with van der Waals surface area (Å²) in [5, 5.41) is 5.62. The quantitative estimate of drug-likeness (QED) is 0.558. The largest absolute Gasteiger partial charge is 0.354 e. The van der Waals surface area contributed by atoms with Crippen molar-refractivity contribution in [3.05, 3.63) is 0 Å². The Morgan fingerprint density at radius 2 is 1.11 bits per heavy atom. The standard InChI is InChI=1S/C14H28N2O2/c1-3-5-7-9-13(17)15-11-12-16-14(18)10-8-6-4-2/h3-12H2,1-2H3,(H,15,17)(H,16,18). The van der Waals surface area contributed by atoms with E-state index in [1.807, 2.05) is 0 Å². The molecule has 0 aliphatic heterocycles. The molecule has 0 radical (unpaired) electrons. The van der Waals surface area contributed by atoms with Crippen LogP contribution in [0.25, 0.3) is 0 Å². The molecule has 0 saturated carbocycles. The lowest BCUT2D eigenvalue weighted by Gasteiger charge is -2.07. The summed E-state index contributed by atoms with van der Waals surface area (Å²) in [5.74, 6) is 0.173. The predicted octanol–water partition coefficient (Wildman–Crippen LogP) is 2.38. The highest BCUT2D eigenvalue weighted by atomic mass is 16.2. The van der Waals surface area contributed by atoms with Crippen molar-refractivity contribution in [1.29, 1.82) is 0 Å². The first-order valence-electron chi connectivity index (χ1n) is 7.24. The van der Waals surface area contributed by atoms with Crippen molar-refractivity contribution >= 4 is 11.8 Å². The van der Waals surface area contributed by atoms with Crippen LogP contribution in [0, 0.1) is 0 Å². The molecule has 0 aromatic rings. The summed E-state index contributed by atoms with van der Waals surface area (Å²) in [7, 11) is 0. The highest BCUT2D eigenvalue weighted by Gasteiger charge is 2.02. The van der Waals surface area contributed by atoms with E-state index in [1.165, 1.54) is 0 Å². The Morgan fingerprint density at radius 1 is 0.722 bits per heavy atom. The first-order chi connectivity index (χ1) is 8.70. The first kappa shape index (κ1) is 16.9. The lowest BCUT2D eigenvalue weighted by atomic mass is 10.2. The molecule has 2 N–H and O–H groups in total. The Kier molecular flexibility index (Phi) is 11.7. The Labute approximate surface area is 111 Å². The zero-order chi connectivity index (χ0) is 13.6. The third-order valence-corrected chi connectivity index (χ3v) is 2.78. The van der Waals surface area contributed by atoms with Crippen LogP contribution in [0.15, 0.2) is 0 Å². The molecule has 0 rings (SSSR count). The van der Waals surface area contributed by atoms with Crippen LogP contribution in [0.2, 0.25) is 0 Å². The SMILES string of the molecule is CCCCCC(=O)NCCNC(=O)CCCCC. The predicted molar refractivity (Wildman–Crippen MR) is 74.3 cm³/mol.